The highest BCUT2D eigenvalue weighted by Crippen LogP contribution is 2.38. The van der Waals surface area contributed by atoms with Gasteiger partial charge in [-0.3, -0.25) is 52.7 Å². The van der Waals surface area contributed by atoms with Crippen LogP contribution in [0.15, 0.2) is 15.3 Å². The number of amides is 10. The van der Waals surface area contributed by atoms with Gasteiger partial charge in [0.15, 0.2) is 11.3 Å². The van der Waals surface area contributed by atoms with Crippen LogP contribution in [0.25, 0.3) is 22.6 Å². The smallest absolute Gasteiger partial charge is 0.329 e. The van der Waals surface area contributed by atoms with Crippen LogP contribution in [0.3, 0.4) is 0 Å². The van der Waals surface area contributed by atoms with Gasteiger partial charge in [-0.25, -0.2) is 14.6 Å². The van der Waals surface area contributed by atoms with Gasteiger partial charge in [0.2, 0.25) is 52.7 Å². The standard InChI is InChI=1S/C65H91N13O17/c1-28(2)45-62(88)77-21-17-19-38(77)60(86)73(13)25-41(79)75(15)51(30(5)6)64(90)93-34(11)47(58(84)69-45)71-56(82)37-23-40(92-27-36-24-67-36)32(9)54-49(37)68-50-43(44(66)53(81)33(10)55(50)95-54)57(83)72-48-35(12)94-65(91)52(31(7)8)76(16)42(80)26-74(14)61(87)39-20-18-22-78(39)63(89)46(29(3)4)70-59(48)85/h23,28-31,34-36,38-39,45-48,51-52,67H,17-22,24-27,66H2,1-16H3,(H,69,84)(H,70,85)(H,71,82)(H,72,83). The minimum atomic E-state index is -1.91. The number of likely N-dealkylation sites (N-methyl/N-ethyl adjacent to an activating group) is 4. The summed E-state index contributed by atoms with van der Waals surface area (Å²) in [7, 11) is 5.58. The summed E-state index contributed by atoms with van der Waals surface area (Å²) >= 11 is 0. The van der Waals surface area contributed by atoms with Crippen molar-refractivity contribution in [1.29, 1.82) is 0 Å². The molecule has 5 saturated heterocycles. The van der Waals surface area contributed by atoms with Gasteiger partial charge in [0.1, 0.15) is 84.1 Å². The summed E-state index contributed by atoms with van der Waals surface area (Å²) in [6.45, 7) is 19.0. The monoisotopic (exact) mass is 1330 g/mol. The third-order valence-electron chi connectivity index (χ3n) is 18.6. The van der Waals surface area contributed by atoms with E-state index in [1.54, 1.807) is 62.3 Å². The van der Waals surface area contributed by atoms with E-state index in [0.717, 1.165) is 9.80 Å². The van der Waals surface area contributed by atoms with Crippen LogP contribution in [0.4, 0.5) is 5.69 Å². The molecule has 11 unspecified atom stereocenters. The normalized spacial score (nSPS) is 26.8. The Morgan fingerprint density at radius 1 is 0.653 bits per heavy atom. The fourth-order valence-electron chi connectivity index (χ4n) is 12.9. The molecule has 0 radical (unpaired) electrons. The van der Waals surface area contributed by atoms with E-state index in [9.17, 15) is 43.2 Å². The molecule has 95 heavy (non-hydrogen) atoms. The number of carbonyl (C=O) groups excluding carboxylic acids is 12. The molecule has 7 N–H and O–H groups in total. The minimum Gasteiger partial charge on any atom is -0.491 e. The quantitative estimate of drug-likeness (QED) is 0.0640. The Bertz CT molecular complexity index is 3600. The Labute approximate surface area is 551 Å². The molecule has 0 aromatic heterocycles. The van der Waals surface area contributed by atoms with E-state index in [4.69, 9.17) is 29.3 Å². The van der Waals surface area contributed by atoms with E-state index >= 15 is 19.2 Å². The summed E-state index contributed by atoms with van der Waals surface area (Å²) < 4.78 is 24.8. The van der Waals surface area contributed by atoms with Gasteiger partial charge in [-0.1, -0.05) is 55.4 Å². The van der Waals surface area contributed by atoms with Crippen LogP contribution in [0.2, 0.25) is 0 Å². The number of hydrogen-bond acceptors (Lipinski definition) is 20. The minimum absolute atomic E-state index is 0.0714. The summed E-state index contributed by atoms with van der Waals surface area (Å²) in [5.41, 5.74) is 3.21. The average molecular weight is 1330 g/mol. The second kappa shape index (κ2) is 28.9. The van der Waals surface area contributed by atoms with E-state index in [2.05, 4.69) is 26.6 Å². The maximum absolute atomic E-state index is 15.5. The van der Waals surface area contributed by atoms with Crippen molar-refractivity contribution < 1.29 is 76.2 Å². The van der Waals surface area contributed by atoms with Crippen LogP contribution in [0.1, 0.15) is 127 Å². The lowest BCUT2D eigenvalue weighted by atomic mass is 9.98. The number of esters is 2. The number of nitrogen functional groups attached to an aromatic ring is 1. The Morgan fingerprint density at radius 2 is 1.09 bits per heavy atom. The summed E-state index contributed by atoms with van der Waals surface area (Å²) in [4.78, 5) is 201. The van der Waals surface area contributed by atoms with Crippen LogP contribution in [0, 0.1) is 37.5 Å². The largest absolute Gasteiger partial charge is 0.491 e. The number of fused-ring (bicyclic) bond motifs is 4. The number of aromatic nitrogens is 1. The number of hydrogen-bond donors (Lipinski definition) is 6. The topological polar surface area (TPSA) is 391 Å². The number of cyclic esters (lactones) is 2. The highest BCUT2D eigenvalue weighted by Gasteiger charge is 2.47. The molecular weight excluding hydrogens is 1230 g/mol. The van der Waals surface area contributed by atoms with Gasteiger partial charge in [-0.05, 0) is 83.1 Å². The first kappa shape index (κ1) is 71.9. The number of aryl methyl sites for hydroxylation is 1. The fourth-order valence-corrected chi connectivity index (χ4v) is 12.9. The number of nitrogens with one attached hydrogen (secondary N) is 5. The summed E-state index contributed by atoms with van der Waals surface area (Å²) in [6, 6.07) is -9.66. The number of nitrogens with two attached hydrogens (primary N) is 1. The van der Waals surface area contributed by atoms with Crippen LogP contribution >= 0.6 is 0 Å². The number of nitrogens with zero attached hydrogens (tertiary/aromatic N) is 7. The highest BCUT2D eigenvalue weighted by molar-refractivity contribution is 6.11. The lowest BCUT2D eigenvalue weighted by Crippen LogP contribution is -2.61. The molecule has 30 nitrogen and oxygen atoms in total. The molecule has 10 amide bonds. The van der Waals surface area contributed by atoms with Crippen molar-refractivity contribution in [3.8, 4) is 17.2 Å². The molecule has 8 rings (SSSR count). The van der Waals surface area contributed by atoms with Crippen molar-refractivity contribution in [3.05, 3.63) is 38.5 Å². The molecule has 1 aliphatic carbocycles. The van der Waals surface area contributed by atoms with E-state index in [0.29, 0.717) is 19.4 Å². The predicted octanol–water partition coefficient (Wildman–Crippen LogP) is 0.0762. The number of rotatable bonds is 11. The second-order valence-corrected chi connectivity index (χ2v) is 27.1. The van der Waals surface area contributed by atoms with Crippen LogP contribution < -0.4 is 42.5 Å². The molecule has 0 saturated carbocycles. The molecule has 1 aromatic carbocycles. The lowest BCUT2D eigenvalue weighted by Gasteiger charge is -2.36. The van der Waals surface area contributed by atoms with Crippen LogP contribution in [-0.4, -0.2) is 239 Å². The number of anilines is 1. The Hall–Kier alpha value is -8.96. The predicted molar refractivity (Wildman–Crippen MR) is 343 cm³/mol. The molecule has 0 spiro atoms. The van der Waals surface area contributed by atoms with Crippen molar-refractivity contribution in [1.82, 2.24) is 61.0 Å². The van der Waals surface area contributed by atoms with Gasteiger partial charge in [0, 0.05) is 59.0 Å². The van der Waals surface area contributed by atoms with Crippen molar-refractivity contribution in [2.24, 2.45) is 23.7 Å². The van der Waals surface area contributed by atoms with Crippen molar-refractivity contribution in [2.45, 2.75) is 175 Å². The first-order valence-corrected chi connectivity index (χ1v) is 32.4. The third kappa shape index (κ3) is 14.8. The molecule has 1 aromatic rings. The van der Waals surface area contributed by atoms with E-state index in [1.807, 2.05) is 0 Å². The molecule has 7 aliphatic rings. The number of carbonyl (C=O) groups is 12. The highest BCUT2D eigenvalue weighted by atomic mass is 16.6. The van der Waals surface area contributed by atoms with Gasteiger partial charge in [-0.2, -0.15) is 0 Å². The maximum Gasteiger partial charge on any atom is 0.329 e. The molecule has 30 heteroatoms. The molecule has 518 valence electrons. The summed E-state index contributed by atoms with van der Waals surface area (Å²) in [5, 5.41) is 13.9. The van der Waals surface area contributed by atoms with Gasteiger partial charge in [0.25, 0.3) is 11.8 Å². The molecule has 5 fully saturated rings. The van der Waals surface area contributed by atoms with Crippen LogP contribution in [0.5, 0.6) is 5.75 Å². The Balaban J connectivity index is 1.25. The number of benzene rings is 2. The van der Waals surface area contributed by atoms with Gasteiger partial charge >= 0.3 is 11.9 Å². The van der Waals surface area contributed by atoms with Crippen molar-refractivity contribution >= 4 is 87.8 Å². The summed E-state index contributed by atoms with van der Waals surface area (Å²) in [5.74, 6) is -12.6. The van der Waals surface area contributed by atoms with Crippen molar-refractivity contribution in [3.63, 3.8) is 0 Å². The zero-order valence-electron chi connectivity index (χ0n) is 57.0. The average Bonchev–Trinajstić information content (AvgIpc) is 1.46. The zero-order valence-corrected chi connectivity index (χ0v) is 57.0. The molecule has 0 bridgehead atoms. The lowest BCUT2D eigenvalue weighted by molar-refractivity contribution is -0.163. The van der Waals surface area contributed by atoms with E-state index in [-0.39, 0.29) is 77.9 Å². The van der Waals surface area contributed by atoms with Gasteiger partial charge in [0.05, 0.1) is 35.9 Å². The first-order valence-electron chi connectivity index (χ1n) is 32.4. The van der Waals surface area contributed by atoms with Gasteiger partial charge < -0.3 is 80.3 Å². The fraction of sp³-hybridized carbons (Fsp3) is 0.631. The van der Waals surface area contributed by atoms with E-state index < -0.39 is 191 Å². The molecule has 11 atom stereocenters. The van der Waals surface area contributed by atoms with Crippen LogP contribution in [-0.2, 0) is 57.4 Å². The third-order valence-corrected chi connectivity index (χ3v) is 18.6. The summed E-state index contributed by atoms with van der Waals surface area (Å²) in [6.07, 6.45) is -1.75. The Kier molecular flexibility index (Phi) is 21.9. The molecular formula is C65H91N13O17. The van der Waals surface area contributed by atoms with E-state index in [1.165, 1.54) is 74.6 Å². The number of ether oxygens (including phenoxy) is 3. The molecule has 6 heterocycles. The maximum atomic E-state index is 15.5. The molecule has 6 aliphatic heterocycles. The SMILES string of the molecule is Cc1c2oc3c(C)c(OCC4CN4)cc(C(=O)NC4C(=O)NC(C(C)C)C(=O)N5CCCC5C(=O)N(C)CC(=O)N(C)C(C(C)C)C(=O)OC4C)c3nc-2c(C(=O)NC2C(=O)NC(C(C)C)C(=O)N3CCCC3C(=O)N(C)CC(=O)N(C)C(C(C)C)C(=O)OC2C)c(N)c1=O. The first-order chi connectivity index (χ1) is 44.6. The van der Waals surface area contributed by atoms with Crippen molar-refractivity contribution in [2.75, 3.05) is 73.3 Å². The Morgan fingerprint density at radius 3 is 1.52 bits per heavy atom. The second-order valence-electron chi connectivity index (χ2n) is 27.1. The van der Waals surface area contributed by atoms with Gasteiger partial charge in [-0.15, -0.1) is 0 Å². The zero-order chi connectivity index (χ0) is 70.3.